The highest BCUT2D eigenvalue weighted by Gasteiger charge is 2.10. The van der Waals surface area contributed by atoms with Crippen LogP contribution in [-0.4, -0.2) is 9.67 Å². The second-order valence-corrected chi connectivity index (χ2v) is 4.45. The van der Waals surface area contributed by atoms with Crippen LogP contribution < -0.4 is 0 Å². The highest BCUT2D eigenvalue weighted by molar-refractivity contribution is 9.10. The van der Waals surface area contributed by atoms with E-state index in [1.54, 1.807) is 6.92 Å². The van der Waals surface area contributed by atoms with E-state index in [1.165, 1.54) is 0 Å². The number of hydrogen-bond acceptors (Lipinski definition) is 1. The lowest BCUT2D eigenvalue weighted by molar-refractivity contribution is 0.200. The minimum Gasteiger partial charge on any atom is -0.389 e. The van der Waals surface area contributed by atoms with Crippen LogP contribution in [-0.2, 0) is 7.05 Å². The topological polar surface area (TPSA) is 25.2 Å². The zero-order valence-electron chi connectivity index (χ0n) is 8.16. The first-order valence-electron chi connectivity index (χ1n) is 4.52. The Morgan fingerprint density at radius 3 is 2.79 bits per heavy atom. The Bertz CT molecular complexity index is 473. The third kappa shape index (κ3) is 1.47. The average Bonchev–Trinajstić information content (AvgIpc) is 2.44. The van der Waals surface area contributed by atoms with Crippen molar-refractivity contribution in [3.05, 3.63) is 34.4 Å². The fraction of sp³-hybridized carbons (Fsp3) is 0.273. The Morgan fingerprint density at radius 1 is 1.43 bits per heavy atom. The maximum atomic E-state index is 9.58. The van der Waals surface area contributed by atoms with Crippen molar-refractivity contribution in [1.82, 2.24) is 4.57 Å². The molecule has 0 aliphatic heterocycles. The number of aliphatic hydroxyl groups is 1. The van der Waals surface area contributed by atoms with Crippen molar-refractivity contribution >= 4 is 26.8 Å². The van der Waals surface area contributed by atoms with Crippen LogP contribution in [0.25, 0.3) is 10.9 Å². The van der Waals surface area contributed by atoms with Crippen LogP contribution in [0.4, 0.5) is 0 Å². The first-order valence-corrected chi connectivity index (χ1v) is 5.31. The number of aromatic nitrogens is 1. The molecule has 0 aliphatic rings. The van der Waals surface area contributed by atoms with Gasteiger partial charge in [0.25, 0.3) is 0 Å². The Balaban J connectivity index is 2.77. The summed E-state index contributed by atoms with van der Waals surface area (Å²) in [7, 11) is 1.99. The SMILES string of the molecule is CC(O)c1cn(C)c2cc(Br)ccc12. The second kappa shape index (κ2) is 3.41. The Hall–Kier alpha value is -0.800. The molecular formula is C11H12BrNO. The highest BCUT2D eigenvalue weighted by Crippen LogP contribution is 2.27. The van der Waals surface area contributed by atoms with Crippen LogP contribution in [0.2, 0.25) is 0 Å². The predicted octanol–water partition coefficient (Wildman–Crippen LogP) is 2.99. The van der Waals surface area contributed by atoms with E-state index in [-0.39, 0.29) is 0 Å². The Morgan fingerprint density at radius 2 is 2.14 bits per heavy atom. The lowest BCUT2D eigenvalue weighted by atomic mass is 10.1. The maximum Gasteiger partial charge on any atom is 0.0782 e. The molecule has 3 heteroatoms. The second-order valence-electron chi connectivity index (χ2n) is 3.53. The van der Waals surface area contributed by atoms with Crippen molar-refractivity contribution in [3.63, 3.8) is 0 Å². The summed E-state index contributed by atoms with van der Waals surface area (Å²) in [5, 5.41) is 10.7. The van der Waals surface area contributed by atoms with Crippen molar-refractivity contribution in [2.75, 3.05) is 0 Å². The minimum absolute atomic E-state index is 0.417. The third-order valence-corrected chi connectivity index (χ3v) is 2.93. The number of benzene rings is 1. The fourth-order valence-electron chi connectivity index (χ4n) is 1.72. The molecule has 1 unspecified atom stereocenters. The van der Waals surface area contributed by atoms with E-state index in [1.807, 2.05) is 29.9 Å². The molecule has 14 heavy (non-hydrogen) atoms. The zero-order chi connectivity index (χ0) is 10.3. The van der Waals surface area contributed by atoms with Crippen LogP contribution in [0.5, 0.6) is 0 Å². The first-order chi connectivity index (χ1) is 6.59. The number of aryl methyl sites for hydroxylation is 1. The van der Waals surface area contributed by atoms with E-state index in [0.717, 1.165) is 20.9 Å². The van der Waals surface area contributed by atoms with Crippen LogP contribution in [0, 0.1) is 0 Å². The van der Waals surface area contributed by atoms with Crippen LogP contribution in [0.15, 0.2) is 28.9 Å². The summed E-state index contributed by atoms with van der Waals surface area (Å²) in [5.41, 5.74) is 2.12. The lowest BCUT2D eigenvalue weighted by Gasteiger charge is -2.00. The monoisotopic (exact) mass is 253 g/mol. The lowest BCUT2D eigenvalue weighted by Crippen LogP contribution is -1.88. The number of nitrogens with zero attached hydrogens (tertiary/aromatic N) is 1. The molecule has 1 atom stereocenters. The fourth-order valence-corrected chi connectivity index (χ4v) is 2.07. The van der Waals surface area contributed by atoms with Gasteiger partial charge in [-0.15, -0.1) is 0 Å². The van der Waals surface area contributed by atoms with Gasteiger partial charge in [-0.1, -0.05) is 22.0 Å². The third-order valence-electron chi connectivity index (χ3n) is 2.43. The van der Waals surface area contributed by atoms with E-state index < -0.39 is 6.10 Å². The number of hydrogen-bond donors (Lipinski definition) is 1. The Labute approximate surface area is 91.3 Å². The van der Waals surface area contributed by atoms with Gasteiger partial charge < -0.3 is 9.67 Å². The number of rotatable bonds is 1. The molecule has 0 saturated carbocycles. The minimum atomic E-state index is -0.417. The van der Waals surface area contributed by atoms with Crippen molar-refractivity contribution < 1.29 is 5.11 Å². The number of halogens is 1. The van der Waals surface area contributed by atoms with E-state index in [9.17, 15) is 5.11 Å². The van der Waals surface area contributed by atoms with Gasteiger partial charge >= 0.3 is 0 Å². The van der Waals surface area contributed by atoms with Crippen LogP contribution >= 0.6 is 15.9 Å². The largest absolute Gasteiger partial charge is 0.389 e. The molecule has 0 bridgehead atoms. The maximum absolute atomic E-state index is 9.58. The molecule has 2 nitrogen and oxygen atoms in total. The van der Waals surface area contributed by atoms with E-state index in [2.05, 4.69) is 22.0 Å². The van der Waals surface area contributed by atoms with Gasteiger partial charge in [0.2, 0.25) is 0 Å². The van der Waals surface area contributed by atoms with Gasteiger partial charge in [-0.05, 0) is 19.1 Å². The smallest absolute Gasteiger partial charge is 0.0782 e. The number of aliphatic hydroxyl groups excluding tert-OH is 1. The van der Waals surface area contributed by atoms with Gasteiger partial charge in [0.15, 0.2) is 0 Å². The van der Waals surface area contributed by atoms with E-state index in [0.29, 0.717) is 0 Å². The van der Waals surface area contributed by atoms with Gasteiger partial charge in [0.1, 0.15) is 0 Å². The number of fused-ring (bicyclic) bond motifs is 1. The van der Waals surface area contributed by atoms with Crippen molar-refractivity contribution in [2.45, 2.75) is 13.0 Å². The van der Waals surface area contributed by atoms with Gasteiger partial charge in [-0.25, -0.2) is 0 Å². The molecule has 0 amide bonds. The molecule has 2 rings (SSSR count). The summed E-state index contributed by atoms with van der Waals surface area (Å²) >= 11 is 3.44. The molecule has 1 aromatic heterocycles. The zero-order valence-corrected chi connectivity index (χ0v) is 9.75. The summed E-state index contributed by atoms with van der Waals surface area (Å²) in [5.74, 6) is 0. The van der Waals surface area contributed by atoms with E-state index in [4.69, 9.17) is 0 Å². The quantitative estimate of drug-likeness (QED) is 0.831. The Kier molecular flexibility index (Phi) is 2.37. The van der Waals surface area contributed by atoms with E-state index >= 15 is 0 Å². The van der Waals surface area contributed by atoms with Crippen molar-refractivity contribution in [1.29, 1.82) is 0 Å². The summed E-state index contributed by atoms with van der Waals surface area (Å²) in [6.07, 6.45) is 1.56. The van der Waals surface area contributed by atoms with Gasteiger partial charge in [-0.2, -0.15) is 0 Å². The summed E-state index contributed by atoms with van der Waals surface area (Å²) in [6, 6.07) is 6.08. The molecule has 0 spiro atoms. The van der Waals surface area contributed by atoms with Gasteiger partial charge in [-0.3, -0.25) is 0 Å². The predicted molar refractivity (Wildman–Crippen MR) is 61.3 cm³/mol. The van der Waals surface area contributed by atoms with Gasteiger partial charge in [0, 0.05) is 34.2 Å². The molecule has 0 saturated heterocycles. The standard InChI is InChI=1S/C11H12BrNO/c1-7(14)10-6-13(2)11-5-8(12)3-4-9(10)11/h3-7,14H,1-2H3. The molecule has 1 N–H and O–H groups in total. The summed E-state index contributed by atoms with van der Waals surface area (Å²) in [6.45, 7) is 1.79. The molecule has 2 aromatic rings. The first kappa shape index (κ1) is 9.74. The molecule has 0 fully saturated rings. The molecule has 1 aromatic carbocycles. The normalized spacial score (nSPS) is 13.4. The van der Waals surface area contributed by atoms with Crippen LogP contribution in [0.3, 0.4) is 0 Å². The molecule has 0 radical (unpaired) electrons. The molecule has 74 valence electrons. The molecular weight excluding hydrogens is 242 g/mol. The summed E-state index contributed by atoms with van der Waals surface area (Å²) < 4.78 is 3.09. The van der Waals surface area contributed by atoms with Crippen molar-refractivity contribution in [3.8, 4) is 0 Å². The van der Waals surface area contributed by atoms with Crippen molar-refractivity contribution in [2.24, 2.45) is 7.05 Å². The average molecular weight is 254 g/mol. The highest BCUT2D eigenvalue weighted by atomic mass is 79.9. The van der Waals surface area contributed by atoms with Gasteiger partial charge in [0.05, 0.1) is 6.10 Å². The van der Waals surface area contributed by atoms with Crippen LogP contribution in [0.1, 0.15) is 18.6 Å². The summed E-state index contributed by atoms with van der Waals surface area (Å²) in [4.78, 5) is 0. The molecule has 0 aliphatic carbocycles. The molecule has 1 heterocycles.